The fourth-order valence-corrected chi connectivity index (χ4v) is 2.14. The maximum Gasteiger partial charge on any atom is 0.143 e. The Morgan fingerprint density at radius 3 is 3.21 bits per heavy atom. The number of pyridine rings is 1. The van der Waals surface area contributed by atoms with E-state index in [4.69, 9.17) is 5.73 Å². The molecule has 0 aromatic carbocycles. The summed E-state index contributed by atoms with van der Waals surface area (Å²) in [7, 11) is 0. The van der Waals surface area contributed by atoms with Crippen molar-refractivity contribution in [3.63, 3.8) is 0 Å². The molecule has 0 saturated carbocycles. The van der Waals surface area contributed by atoms with Gasteiger partial charge >= 0.3 is 0 Å². The number of hydrogen-bond acceptors (Lipinski definition) is 4. The SMILES string of the molecule is CC(N)CNc1nccc2ccsc12. The van der Waals surface area contributed by atoms with Crippen molar-refractivity contribution in [1.82, 2.24) is 4.98 Å². The summed E-state index contributed by atoms with van der Waals surface area (Å²) < 4.78 is 1.20. The van der Waals surface area contributed by atoms with Crippen LogP contribution < -0.4 is 11.1 Å². The molecule has 3 N–H and O–H groups in total. The molecule has 74 valence electrons. The molecule has 0 radical (unpaired) electrons. The van der Waals surface area contributed by atoms with Crippen molar-refractivity contribution in [2.24, 2.45) is 5.73 Å². The largest absolute Gasteiger partial charge is 0.367 e. The van der Waals surface area contributed by atoms with Crippen LogP contribution in [-0.2, 0) is 0 Å². The molecule has 0 aliphatic carbocycles. The number of aromatic nitrogens is 1. The van der Waals surface area contributed by atoms with Gasteiger partial charge in [-0.25, -0.2) is 4.98 Å². The summed E-state index contributed by atoms with van der Waals surface area (Å²) >= 11 is 1.70. The van der Waals surface area contributed by atoms with Gasteiger partial charge in [0.1, 0.15) is 5.82 Å². The molecular weight excluding hydrogens is 194 g/mol. The van der Waals surface area contributed by atoms with Gasteiger partial charge < -0.3 is 11.1 Å². The minimum Gasteiger partial charge on any atom is -0.367 e. The highest BCUT2D eigenvalue weighted by Gasteiger charge is 2.03. The van der Waals surface area contributed by atoms with Crippen LogP contribution in [0.5, 0.6) is 0 Å². The summed E-state index contributed by atoms with van der Waals surface area (Å²) in [4.78, 5) is 4.29. The van der Waals surface area contributed by atoms with Crippen molar-refractivity contribution in [3.8, 4) is 0 Å². The summed E-state index contributed by atoms with van der Waals surface area (Å²) in [6.45, 7) is 2.73. The van der Waals surface area contributed by atoms with Crippen LogP contribution >= 0.6 is 11.3 Å². The number of anilines is 1. The molecule has 2 heterocycles. The third kappa shape index (κ3) is 1.86. The molecule has 0 fully saturated rings. The number of rotatable bonds is 3. The quantitative estimate of drug-likeness (QED) is 0.810. The van der Waals surface area contributed by atoms with Gasteiger partial charge in [0.15, 0.2) is 0 Å². The molecule has 0 spiro atoms. The zero-order valence-electron chi connectivity index (χ0n) is 8.03. The molecule has 0 bridgehead atoms. The molecule has 14 heavy (non-hydrogen) atoms. The summed E-state index contributed by atoms with van der Waals surface area (Å²) in [5, 5.41) is 6.55. The van der Waals surface area contributed by atoms with Crippen LogP contribution in [0.15, 0.2) is 23.7 Å². The van der Waals surface area contributed by atoms with Crippen molar-refractivity contribution in [3.05, 3.63) is 23.7 Å². The monoisotopic (exact) mass is 207 g/mol. The highest BCUT2D eigenvalue weighted by molar-refractivity contribution is 7.17. The fraction of sp³-hybridized carbons (Fsp3) is 0.300. The Morgan fingerprint density at radius 1 is 1.57 bits per heavy atom. The lowest BCUT2D eigenvalue weighted by Gasteiger charge is -2.08. The zero-order chi connectivity index (χ0) is 9.97. The highest BCUT2D eigenvalue weighted by Crippen LogP contribution is 2.26. The summed E-state index contributed by atoms with van der Waals surface area (Å²) in [6.07, 6.45) is 1.82. The average Bonchev–Trinajstić information content (AvgIpc) is 2.62. The maximum atomic E-state index is 5.67. The minimum absolute atomic E-state index is 0.145. The van der Waals surface area contributed by atoms with E-state index in [1.165, 1.54) is 10.1 Å². The van der Waals surface area contributed by atoms with Gasteiger partial charge in [-0.1, -0.05) is 0 Å². The molecule has 3 nitrogen and oxygen atoms in total. The van der Waals surface area contributed by atoms with Crippen molar-refractivity contribution < 1.29 is 0 Å². The van der Waals surface area contributed by atoms with Crippen molar-refractivity contribution >= 4 is 27.2 Å². The van der Waals surface area contributed by atoms with Gasteiger partial charge in [-0.05, 0) is 29.8 Å². The maximum absolute atomic E-state index is 5.67. The van der Waals surface area contributed by atoms with Gasteiger partial charge in [0.25, 0.3) is 0 Å². The Kier molecular flexibility index (Phi) is 2.65. The predicted molar refractivity (Wildman–Crippen MR) is 61.8 cm³/mol. The average molecular weight is 207 g/mol. The topological polar surface area (TPSA) is 50.9 Å². The summed E-state index contributed by atoms with van der Waals surface area (Å²) in [5.41, 5.74) is 5.67. The molecule has 1 unspecified atom stereocenters. The number of nitrogens with one attached hydrogen (secondary N) is 1. The molecule has 0 aliphatic heterocycles. The first-order valence-electron chi connectivity index (χ1n) is 4.59. The Labute approximate surface area is 87.0 Å². The predicted octanol–water partition coefficient (Wildman–Crippen LogP) is 2.06. The second-order valence-corrected chi connectivity index (χ2v) is 4.27. The molecule has 2 rings (SSSR count). The molecule has 0 aliphatic rings. The second kappa shape index (κ2) is 3.94. The first-order chi connectivity index (χ1) is 6.77. The van der Waals surface area contributed by atoms with Crippen LogP contribution in [-0.4, -0.2) is 17.6 Å². The van der Waals surface area contributed by atoms with Crippen LogP contribution in [0, 0.1) is 0 Å². The Bertz CT molecular complexity index is 422. The molecule has 1 atom stereocenters. The minimum atomic E-state index is 0.145. The number of nitrogens with zero attached hydrogens (tertiary/aromatic N) is 1. The van der Waals surface area contributed by atoms with Gasteiger partial charge in [-0.15, -0.1) is 11.3 Å². The number of fused-ring (bicyclic) bond motifs is 1. The Hall–Kier alpha value is -1.13. The van der Waals surface area contributed by atoms with Gasteiger partial charge in [-0.2, -0.15) is 0 Å². The van der Waals surface area contributed by atoms with Gasteiger partial charge in [0, 0.05) is 18.8 Å². The normalized spacial score (nSPS) is 13.0. The molecule has 2 aromatic rings. The molecule has 0 saturated heterocycles. The second-order valence-electron chi connectivity index (χ2n) is 3.36. The van der Waals surface area contributed by atoms with Gasteiger partial charge in [0.05, 0.1) is 4.70 Å². The first-order valence-corrected chi connectivity index (χ1v) is 5.47. The van der Waals surface area contributed by atoms with E-state index in [2.05, 4.69) is 21.7 Å². The van der Waals surface area contributed by atoms with Crippen molar-refractivity contribution in [2.45, 2.75) is 13.0 Å². The highest BCUT2D eigenvalue weighted by atomic mass is 32.1. The van der Waals surface area contributed by atoms with Crippen molar-refractivity contribution in [1.29, 1.82) is 0 Å². The number of hydrogen-bond donors (Lipinski definition) is 2. The molecule has 0 amide bonds. The van der Waals surface area contributed by atoms with Crippen LogP contribution in [0.2, 0.25) is 0 Å². The van der Waals surface area contributed by atoms with Crippen molar-refractivity contribution in [2.75, 3.05) is 11.9 Å². The van der Waals surface area contributed by atoms with E-state index in [1.54, 1.807) is 11.3 Å². The van der Waals surface area contributed by atoms with E-state index in [-0.39, 0.29) is 6.04 Å². The smallest absolute Gasteiger partial charge is 0.143 e. The fourth-order valence-electron chi connectivity index (χ4n) is 1.28. The third-order valence-corrected chi connectivity index (χ3v) is 2.90. The van der Waals surface area contributed by atoms with E-state index in [0.29, 0.717) is 0 Å². The zero-order valence-corrected chi connectivity index (χ0v) is 8.84. The lowest BCUT2D eigenvalue weighted by Crippen LogP contribution is -2.25. The van der Waals surface area contributed by atoms with Crippen LogP contribution in [0.4, 0.5) is 5.82 Å². The Balaban J connectivity index is 2.27. The molecule has 2 aromatic heterocycles. The molecule has 4 heteroatoms. The number of thiophene rings is 1. The van der Waals surface area contributed by atoms with Gasteiger partial charge in [-0.3, -0.25) is 0 Å². The summed E-state index contributed by atoms with van der Waals surface area (Å²) in [6, 6.07) is 4.26. The third-order valence-electron chi connectivity index (χ3n) is 1.96. The van der Waals surface area contributed by atoms with E-state index in [9.17, 15) is 0 Å². The summed E-state index contributed by atoms with van der Waals surface area (Å²) in [5.74, 6) is 0.940. The van der Waals surface area contributed by atoms with Crippen LogP contribution in [0.3, 0.4) is 0 Å². The van der Waals surface area contributed by atoms with Crippen LogP contribution in [0.25, 0.3) is 10.1 Å². The van der Waals surface area contributed by atoms with E-state index < -0.39 is 0 Å². The number of nitrogens with two attached hydrogens (primary N) is 1. The lowest BCUT2D eigenvalue weighted by molar-refractivity contribution is 0.778. The standard InChI is InChI=1S/C10H13N3S/c1-7(11)6-13-10-9-8(2-4-12-10)3-5-14-9/h2-5,7H,6,11H2,1H3,(H,12,13). The van der Waals surface area contributed by atoms with Crippen LogP contribution in [0.1, 0.15) is 6.92 Å². The van der Waals surface area contributed by atoms with E-state index >= 15 is 0 Å². The molecular formula is C10H13N3S. The van der Waals surface area contributed by atoms with E-state index in [0.717, 1.165) is 12.4 Å². The first kappa shape index (κ1) is 9.43. The Morgan fingerprint density at radius 2 is 2.43 bits per heavy atom. The van der Waals surface area contributed by atoms with Gasteiger partial charge in [0.2, 0.25) is 0 Å². The van der Waals surface area contributed by atoms with E-state index in [1.807, 2.05) is 19.2 Å². The lowest BCUT2D eigenvalue weighted by atomic mass is 10.3.